The molecule has 190 valence electrons. The number of hydrogen-bond donors (Lipinski definition) is 1. The number of nitrogens with two attached hydrogens (primary N) is 1. The lowest BCUT2D eigenvalue weighted by molar-refractivity contribution is -0.135. The van der Waals surface area contributed by atoms with Gasteiger partial charge in [0.2, 0.25) is 21.8 Å². The Labute approximate surface area is 200 Å². The molecule has 2 aliphatic rings. The molecule has 0 aliphatic carbocycles. The number of para-hydroxylation sites is 1. The second-order valence-electron chi connectivity index (χ2n) is 8.17. The van der Waals surface area contributed by atoms with Crippen molar-refractivity contribution >= 4 is 21.8 Å². The topological polar surface area (TPSA) is 132 Å². The van der Waals surface area contributed by atoms with Gasteiger partial charge in [0.05, 0.1) is 33.5 Å². The minimum Gasteiger partial charge on any atom is -0.495 e. The Balaban J connectivity index is 1.85. The zero-order valence-electron chi connectivity index (χ0n) is 19.6. The number of ether oxygens (including phenoxy) is 3. The Kier molecular flexibility index (Phi) is 9.65. The summed E-state index contributed by atoms with van der Waals surface area (Å²) in [4.78, 5) is 29.0. The number of carbonyl (C=O) groups excluding carboxylic acids is 2. The molecule has 0 radical (unpaired) electrons. The van der Waals surface area contributed by atoms with E-state index in [1.807, 2.05) is 0 Å². The number of carbonyl (C=O) groups is 2. The predicted octanol–water partition coefficient (Wildman–Crippen LogP) is -0.489. The fourth-order valence-electron chi connectivity index (χ4n) is 4.14. The van der Waals surface area contributed by atoms with E-state index < -0.39 is 22.0 Å². The Morgan fingerprint density at radius 3 is 2.32 bits per heavy atom. The van der Waals surface area contributed by atoms with E-state index in [1.54, 1.807) is 17.0 Å². The summed E-state index contributed by atoms with van der Waals surface area (Å²) in [6.45, 7) is 4.65. The van der Waals surface area contributed by atoms with Crippen LogP contribution in [0.5, 0.6) is 5.75 Å². The quantitative estimate of drug-likeness (QED) is 0.432. The molecule has 0 bridgehead atoms. The van der Waals surface area contributed by atoms with Crippen molar-refractivity contribution in [2.24, 2.45) is 5.73 Å². The highest BCUT2D eigenvalue weighted by Crippen LogP contribution is 2.28. The number of methoxy groups -OCH3 is 1. The molecule has 2 N–H and O–H groups in total. The molecule has 11 nitrogen and oxygen atoms in total. The van der Waals surface area contributed by atoms with E-state index in [4.69, 9.17) is 19.9 Å². The van der Waals surface area contributed by atoms with Gasteiger partial charge < -0.3 is 24.8 Å². The van der Waals surface area contributed by atoms with Gasteiger partial charge in [-0.2, -0.15) is 4.31 Å². The van der Waals surface area contributed by atoms with Gasteiger partial charge in [-0.25, -0.2) is 8.42 Å². The average Bonchev–Trinajstić information content (AvgIpc) is 2.86. The first-order valence-corrected chi connectivity index (χ1v) is 12.9. The van der Waals surface area contributed by atoms with Gasteiger partial charge in [-0.15, -0.1) is 0 Å². The van der Waals surface area contributed by atoms with E-state index in [1.165, 1.54) is 19.2 Å². The molecular formula is C22H34N4O7S. The van der Waals surface area contributed by atoms with Crippen LogP contribution in [-0.2, 0) is 29.1 Å². The number of sulfonamides is 1. The van der Waals surface area contributed by atoms with Gasteiger partial charge >= 0.3 is 0 Å². The molecule has 12 heteroatoms. The zero-order chi connectivity index (χ0) is 24.6. The van der Waals surface area contributed by atoms with Gasteiger partial charge in [-0.1, -0.05) is 12.1 Å². The molecule has 1 unspecified atom stereocenters. The fraction of sp³-hybridized carbons (Fsp3) is 0.636. The van der Waals surface area contributed by atoms with Crippen LogP contribution < -0.4 is 10.5 Å². The van der Waals surface area contributed by atoms with Crippen molar-refractivity contribution in [3.8, 4) is 5.75 Å². The second kappa shape index (κ2) is 12.5. The van der Waals surface area contributed by atoms with Crippen LogP contribution in [0.25, 0.3) is 0 Å². The lowest BCUT2D eigenvalue weighted by atomic mass is 10.1. The third-order valence-electron chi connectivity index (χ3n) is 6.06. The lowest BCUT2D eigenvalue weighted by Gasteiger charge is -2.33. The molecule has 0 spiro atoms. The minimum absolute atomic E-state index is 0.0737. The molecule has 2 aliphatic heterocycles. The monoisotopic (exact) mass is 498 g/mol. The molecule has 34 heavy (non-hydrogen) atoms. The normalized spacial score (nSPS) is 18.6. The maximum Gasteiger partial charge on any atom is 0.247 e. The lowest BCUT2D eigenvalue weighted by Crippen LogP contribution is -2.51. The summed E-state index contributed by atoms with van der Waals surface area (Å²) in [7, 11) is -2.82. The van der Waals surface area contributed by atoms with Gasteiger partial charge in [0.1, 0.15) is 16.7 Å². The maximum absolute atomic E-state index is 13.8. The molecule has 0 aromatic heterocycles. The highest BCUT2D eigenvalue weighted by Gasteiger charge is 2.37. The Bertz CT molecular complexity index is 931. The number of amides is 2. The van der Waals surface area contributed by atoms with Crippen molar-refractivity contribution in [3.05, 3.63) is 24.3 Å². The number of rotatable bonds is 11. The summed E-state index contributed by atoms with van der Waals surface area (Å²) in [6, 6.07) is 5.09. The van der Waals surface area contributed by atoms with Crippen molar-refractivity contribution < 1.29 is 32.2 Å². The van der Waals surface area contributed by atoms with Crippen LogP contribution in [0.2, 0.25) is 0 Å². The minimum atomic E-state index is -4.20. The molecule has 0 saturated carbocycles. The second-order valence-corrected chi connectivity index (χ2v) is 10.0. The number of primary amides is 1. The van der Waals surface area contributed by atoms with Crippen LogP contribution >= 0.6 is 0 Å². The zero-order valence-corrected chi connectivity index (χ0v) is 20.4. The van der Waals surface area contributed by atoms with Gasteiger partial charge in [0.15, 0.2) is 0 Å². The van der Waals surface area contributed by atoms with Gasteiger partial charge in [-0.05, 0) is 18.6 Å². The highest BCUT2D eigenvalue weighted by atomic mass is 32.2. The standard InChI is InChI=1S/C22H34N4O7S/c1-31-19-4-2-3-5-20(19)34(29,30)26(9-7-21(27)25-12-16-33-17-13-25)18(22(23)28)6-8-24-10-14-32-15-11-24/h2-5,18H,6-17H2,1H3,(H2,23,28). The van der Waals surface area contributed by atoms with E-state index in [0.717, 1.165) is 4.31 Å². The third kappa shape index (κ3) is 6.66. The fourth-order valence-corrected chi connectivity index (χ4v) is 5.92. The first-order chi connectivity index (χ1) is 16.3. The Morgan fingerprint density at radius 2 is 1.71 bits per heavy atom. The number of nitrogens with zero attached hydrogens (tertiary/aromatic N) is 3. The van der Waals surface area contributed by atoms with Crippen LogP contribution in [0, 0.1) is 0 Å². The summed E-state index contributed by atoms with van der Waals surface area (Å²) in [5.41, 5.74) is 5.72. The number of hydrogen-bond acceptors (Lipinski definition) is 8. The molecule has 2 amide bonds. The summed E-state index contributed by atoms with van der Waals surface area (Å²) >= 11 is 0. The van der Waals surface area contributed by atoms with E-state index in [2.05, 4.69) is 4.90 Å². The van der Waals surface area contributed by atoms with Gasteiger partial charge in [0, 0.05) is 45.7 Å². The number of morpholine rings is 2. The SMILES string of the molecule is COc1ccccc1S(=O)(=O)N(CCC(=O)N1CCOCC1)C(CCN1CCOCC1)C(N)=O. The summed E-state index contributed by atoms with van der Waals surface area (Å²) in [5, 5.41) is 0. The van der Waals surface area contributed by atoms with E-state index >= 15 is 0 Å². The van der Waals surface area contributed by atoms with Crippen LogP contribution in [-0.4, -0.2) is 113 Å². The number of benzene rings is 1. The van der Waals surface area contributed by atoms with Gasteiger partial charge in [0.25, 0.3) is 0 Å². The van der Waals surface area contributed by atoms with E-state index in [9.17, 15) is 18.0 Å². The van der Waals surface area contributed by atoms with Crippen LogP contribution in [0.15, 0.2) is 29.2 Å². The van der Waals surface area contributed by atoms with E-state index in [0.29, 0.717) is 59.2 Å². The Hall–Kier alpha value is -2.25. The Morgan fingerprint density at radius 1 is 1.09 bits per heavy atom. The molecule has 1 aromatic carbocycles. The first kappa shape index (κ1) is 26.4. The van der Waals surface area contributed by atoms with Crippen molar-refractivity contribution in [2.45, 2.75) is 23.8 Å². The van der Waals surface area contributed by atoms with Crippen LogP contribution in [0.1, 0.15) is 12.8 Å². The van der Waals surface area contributed by atoms with Crippen LogP contribution in [0.4, 0.5) is 0 Å². The maximum atomic E-state index is 13.8. The first-order valence-electron chi connectivity index (χ1n) is 11.4. The average molecular weight is 499 g/mol. The summed E-state index contributed by atoms with van der Waals surface area (Å²) < 4.78 is 44.5. The molecule has 3 rings (SSSR count). The highest BCUT2D eigenvalue weighted by molar-refractivity contribution is 7.89. The summed E-state index contributed by atoms with van der Waals surface area (Å²) in [5.74, 6) is -0.797. The predicted molar refractivity (Wildman–Crippen MR) is 124 cm³/mol. The van der Waals surface area contributed by atoms with Crippen LogP contribution in [0.3, 0.4) is 0 Å². The van der Waals surface area contributed by atoms with Crippen molar-refractivity contribution in [1.82, 2.24) is 14.1 Å². The third-order valence-corrected chi connectivity index (χ3v) is 8.01. The van der Waals surface area contributed by atoms with E-state index in [-0.39, 0.29) is 35.9 Å². The van der Waals surface area contributed by atoms with Crippen molar-refractivity contribution in [1.29, 1.82) is 0 Å². The smallest absolute Gasteiger partial charge is 0.247 e. The van der Waals surface area contributed by atoms with Crippen molar-refractivity contribution in [2.75, 3.05) is 72.8 Å². The molecular weight excluding hydrogens is 464 g/mol. The summed E-state index contributed by atoms with van der Waals surface area (Å²) in [6.07, 6.45) is 0.130. The molecule has 2 fully saturated rings. The van der Waals surface area contributed by atoms with Gasteiger partial charge in [-0.3, -0.25) is 14.5 Å². The molecule has 1 aromatic rings. The van der Waals surface area contributed by atoms with Crippen molar-refractivity contribution in [3.63, 3.8) is 0 Å². The molecule has 1 atom stereocenters. The molecule has 2 heterocycles. The largest absolute Gasteiger partial charge is 0.495 e. The molecule has 2 saturated heterocycles.